The lowest BCUT2D eigenvalue weighted by molar-refractivity contribution is 0.00502. The first kappa shape index (κ1) is 13.6. The molecule has 0 bridgehead atoms. The zero-order chi connectivity index (χ0) is 13.5. The molecule has 19 heavy (non-hydrogen) atoms. The highest BCUT2D eigenvalue weighted by Crippen LogP contribution is 2.17. The summed E-state index contributed by atoms with van der Waals surface area (Å²) in [5, 5.41) is 9.39. The summed E-state index contributed by atoms with van der Waals surface area (Å²) in [6, 6.07) is 17.3. The first-order valence-corrected chi connectivity index (χ1v) is 6.28. The number of hydrogen-bond acceptors (Lipinski definition) is 3. The SMILES string of the molecule is C[C@@H](O)c1ccc(OCOCc2ccccc2)cc1. The fourth-order valence-electron chi connectivity index (χ4n) is 1.69. The summed E-state index contributed by atoms with van der Waals surface area (Å²) in [6.45, 7) is 2.48. The first-order valence-electron chi connectivity index (χ1n) is 6.28. The predicted octanol–water partition coefficient (Wildman–Crippen LogP) is 3.29. The molecular formula is C16H18O3. The summed E-state index contributed by atoms with van der Waals surface area (Å²) < 4.78 is 10.9. The fourth-order valence-corrected chi connectivity index (χ4v) is 1.69. The van der Waals surface area contributed by atoms with Gasteiger partial charge in [-0.3, -0.25) is 0 Å². The third-order valence-electron chi connectivity index (χ3n) is 2.78. The van der Waals surface area contributed by atoms with Crippen molar-refractivity contribution in [2.75, 3.05) is 6.79 Å². The Kier molecular flexibility index (Phi) is 4.95. The first-order chi connectivity index (χ1) is 9.25. The van der Waals surface area contributed by atoms with Crippen molar-refractivity contribution in [3.05, 3.63) is 65.7 Å². The van der Waals surface area contributed by atoms with E-state index in [1.54, 1.807) is 6.92 Å². The molecule has 100 valence electrons. The third kappa shape index (κ3) is 4.39. The maximum absolute atomic E-state index is 9.39. The van der Waals surface area contributed by atoms with Crippen molar-refractivity contribution < 1.29 is 14.6 Å². The van der Waals surface area contributed by atoms with Gasteiger partial charge in [0.05, 0.1) is 12.7 Å². The van der Waals surface area contributed by atoms with Gasteiger partial charge in [0, 0.05) is 0 Å². The number of rotatable bonds is 6. The zero-order valence-electron chi connectivity index (χ0n) is 11.0. The Morgan fingerprint density at radius 3 is 2.32 bits per heavy atom. The largest absolute Gasteiger partial charge is 0.468 e. The summed E-state index contributed by atoms with van der Waals surface area (Å²) in [5.41, 5.74) is 1.99. The lowest BCUT2D eigenvalue weighted by atomic mass is 10.1. The van der Waals surface area contributed by atoms with Gasteiger partial charge in [-0.15, -0.1) is 0 Å². The van der Waals surface area contributed by atoms with E-state index in [1.807, 2.05) is 54.6 Å². The number of benzene rings is 2. The molecule has 0 heterocycles. The van der Waals surface area contributed by atoms with Crippen molar-refractivity contribution >= 4 is 0 Å². The summed E-state index contributed by atoms with van der Waals surface area (Å²) >= 11 is 0. The van der Waals surface area contributed by atoms with Crippen molar-refractivity contribution in [1.82, 2.24) is 0 Å². The second-order valence-corrected chi connectivity index (χ2v) is 4.34. The van der Waals surface area contributed by atoms with Gasteiger partial charge in [0.15, 0.2) is 6.79 Å². The van der Waals surface area contributed by atoms with Crippen LogP contribution in [0.15, 0.2) is 54.6 Å². The molecule has 0 amide bonds. The Hall–Kier alpha value is -1.84. The van der Waals surface area contributed by atoms with E-state index in [2.05, 4.69) is 0 Å². The number of ether oxygens (including phenoxy) is 2. The maximum atomic E-state index is 9.39. The lowest BCUT2D eigenvalue weighted by Gasteiger charge is -2.09. The highest BCUT2D eigenvalue weighted by molar-refractivity contribution is 5.28. The molecule has 0 aliphatic carbocycles. The average molecular weight is 258 g/mol. The topological polar surface area (TPSA) is 38.7 Å². The molecule has 0 radical (unpaired) electrons. The molecule has 2 rings (SSSR count). The minimum atomic E-state index is -0.455. The van der Waals surface area contributed by atoms with Gasteiger partial charge in [-0.25, -0.2) is 0 Å². The van der Waals surface area contributed by atoms with Crippen LogP contribution in [0.4, 0.5) is 0 Å². The van der Waals surface area contributed by atoms with Gasteiger partial charge in [0.2, 0.25) is 0 Å². The van der Waals surface area contributed by atoms with E-state index in [1.165, 1.54) is 0 Å². The van der Waals surface area contributed by atoms with Gasteiger partial charge < -0.3 is 14.6 Å². The molecule has 1 atom stereocenters. The van der Waals surface area contributed by atoms with Crippen molar-refractivity contribution in [3.8, 4) is 5.75 Å². The van der Waals surface area contributed by atoms with Gasteiger partial charge >= 0.3 is 0 Å². The van der Waals surface area contributed by atoms with Crippen LogP contribution in [0.2, 0.25) is 0 Å². The molecule has 0 aromatic heterocycles. The average Bonchev–Trinajstić information content (AvgIpc) is 2.45. The van der Waals surface area contributed by atoms with E-state index in [0.717, 1.165) is 16.9 Å². The van der Waals surface area contributed by atoms with Crippen LogP contribution in [-0.4, -0.2) is 11.9 Å². The molecule has 0 fully saturated rings. The second-order valence-electron chi connectivity index (χ2n) is 4.34. The molecule has 0 aliphatic heterocycles. The Balaban J connectivity index is 1.74. The molecule has 1 N–H and O–H groups in total. The van der Waals surface area contributed by atoms with E-state index >= 15 is 0 Å². The highest BCUT2D eigenvalue weighted by atomic mass is 16.7. The van der Waals surface area contributed by atoms with Crippen LogP contribution >= 0.6 is 0 Å². The molecule has 3 heteroatoms. The van der Waals surface area contributed by atoms with Gasteiger partial charge in [-0.05, 0) is 30.2 Å². The Bertz CT molecular complexity index is 477. The van der Waals surface area contributed by atoms with Gasteiger partial charge in [0.1, 0.15) is 5.75 Å². The molecule has 0 spiro atoms. The van der Waals surface area contributed by atoms with Crippen molar-refractivity contribution in [2.24, 2.45) is 0 Å². The second kappa shape index (κ2) is 6.92. The molecular weight excluding hydrogens is 240 g/mol. The summed E-state index contributed by atoms with van der Waals surface area (Å²) in [6.07, 6.45) is -0.455. The third-order valence-corrected chi connectivity index (χ3v) is 2.78. The van der Waals surface area contributed by atoms with E-state index in [9.17, 15) is 5.11 Å². The summed E-state index contributed by atoms with van der Waals surface area (Å²) in [7, 11) is 0. The minimum Gasteiger partial charge on any atom is -0.468 e. The zero-order valence-corrected chi connectivity index (χ0v) is 11.0. The molecule has 0 unspecified atom stereocenters. The molecule has 0 saturated heterocycles. The monoisotopic (exact) mass is 258 g/mol. The summed E-state index contributed by atoms with van der Waals surface area (Å²) in [4.78, 5) is 0. The van der Waals surface area contributed by atoms with Gasteiger partial charge in [-0.1, -0.05) is 42.5 Å². The molecule has 3 nitrogen and oxygen atoms in total. The van der Waals surface area contributed by atoms with E-state index in [4.69, 9.17) is 9.47 Å². The Morgan fingerprint density at radius 1 is 1.00 bits per heavy atom. The van der Waals surface area contributed by atoms with Gasteiger partial charge in [-0.2, -0.15) is 0 Å². The van der Waals surface area contributed by atoms with Crippen LogP contribution in [0.25, 0.3) is 0 Å². The molecule has 2 aromatic rings. The van der Waals surface area contributed by atoms with Gasteiger partial charge in [0.25, 0.3) is 0 Å². The van der Waals surface area contributed by atoms with Crippen LogP contribution in [0.1, 0.15) is 24.2 Å². The Labute approximate surface area is 113 Å². The van der Waals surface area contributed by atoms with E-state index in [0.29, 0.717) is 6.61 Å². The maximum Gasteiger partial charge on any atom is 0.189 e. The van der Waals surface area contributed by atoms with Crippen molar-refractivity contribution in [3.63, 3.8) is 0 Å². The predicted molar refractivity (Wildman–Crippen MR) is 73.8 cm³/mol. The quantitative estimate of drug-likeness (QED) is 0.638. The van der Waals surface area contributed by atoms with Crippen LogP contribution in [0.5, 0.6) is 5.75 Å². The standard InChI is InChI=1S/C16H18O3/c1-13(17)15-7-9-16(10-8-15)19-12-18-11-14-5-3-2-4-6-14/h2-10,13,17H,11-12H2,1H3/t13-/m1/s1. The van der Waals surface area contributed by atoms with Crippen LogP contribution in [-0.2, 0) is 11.3 Å². The number of hydrogen-bond donors (Lipinski definition) is 1. The molecule has 2 aromatic carbocycles. The lowest BCUT2D eigenvalue weighted by Crippen LogP contribution is -2.03. The van der Waals surface area contributed by atoms with Crippen LogP contribution < -0.4 is 4.74 Å². The summed E-state index contributed by atoms with van der Waals surface area (Å²) in [5.74, 6) is 0.734. The fraction of sp³-hybridized carbons (Fsp3) is 0.250. The van der Waals surface area contributed by atoms with E-state index < -0.39 is 6.10 Å². The smallest absolute Gasteiger partial charge is 0.189 e. The normalized spacial score (nSPS) is 12.1. The number of aliphatic hydroxyl groups excluding tert-OH is 1. The minimum absolute atomic E-state index is 0.211. The van der Waals surface area contributed by atoms with Crippen molar-refractivity contribution in [1.29, 1.82) is 0 Å². The molecule has 0 aliphatic rings. The highest BCUT2D eigenvalue weighted by Gasteiger charge is 2.00. The molecule has 0 saturated carbocycles. The van der Waals surface area contributed by atoms with E-state index in [-0.39, 0.29) is 6.79 Å². The number of aliphatic hydroxyl groups is 1. The van der Waals surface area contributed by atoms with Crippen LogP contribution in [0, 0.1) is 0 Å². The Morgan fingerprint density at radius 2 is 1.68 bits per heavy atom. The van der Waals surface area contributed by atoms with Crippen molar-refractivity contribution in [2.45, 2.75) is 19.6 Å². The van der Waals surface area contributed by atoms with Crippen LogP contribution in [0.3, 0.4) is 0 Å².